The predicted molar refractivity (Wildman–Crippen MR) is 44.4 cm³/mol. The van der Waals surface area contributed by atoms with Crippen LogP contribution >= 0.6 is 0 Å². The molecular weight excluding hydrogens is 318 g/mol. The van der Waals surface area contributed by atoms with Crippen molar-refractivity contribution in [2.75, 3.05) is 0 Å². The predicted octanol–water partition coefficient (Wildman–Crippen LogP) is 0.771. The van der Waals surface area contributed by atoms with Crippen LogP contribution in [0, 0.1) is 0 Å². The van der Waals surface area contributed by atoms with Gasteiger partial charge in [0.1, 0.15) is 0 Å². The first-order valence-electron chi connectivity index (χ1n) is 3.64. The summed E-state index contributed by atoms with van der Waals surface area (Å²) in [5.41, 5.74) is -12.7. The Bertz CT molecular complexity index is 494. The Morgan fingerprint density at radius 1 is 0.778 bits per heavy atom. The molecule has 5 nitrogen and oxygen atoms in total. The quantitative estimate of drug-likeness (QED) is 0.566. The van der Waals surface area contributed by atoms with Gasteiger partial charge < -0.3 is 4.79 Å². The van der Waals surface area contributed by atoms with E-state index < -0.39 is 48.0 Å². The Morgan fingerprint density at radius 2 is 1.00 bits per heavy atom. The smallest absolute Gasteiger partial charge is 0.300 e. The molecule has 0 saturated carbocycles. The Kier molecular flexibility index (Phi) is 3.89. The molecule has 0 rings (SSSR count). The van der Waals surface area contributed by atoms with Gasteiger partial charge in [0.15, 0.2) is 6.29 Å². The summed E-state index contributed by atoms with van der Waals surface area (Å²) in [7, 11) is -13.8. The van der Waals surface area contributed by atoms with Gasteiger partial charge in [-0.25, -0.2) is 16.8 Å². The van der Waals surface area contributed by atoms with Gasteiger partial charge in [-0.05, 0) is 6.92 Å². The number of sulfone groups is 2. The zero-order chi connectivity index (χ0) is 15.2. The highest BCUT2D eigenvalue weighted by Crippen LogP contribution is 2.42. The molecule has 0 spiro atoms. The second-order valence-corrected chi connectivity index (χ2v) is 7.93. The van der Waals surface area contributed by atoms with Crippen molar-refractivity contribution in [3.8, 4) is 0 Å². The largest absolute Gasteiger partial charge is 0.499 e. The lowest BCUT2D eigenvalue weighted by Crippen LogP contribution is -2.55. The summed E-state index contributed by atoms with van der Waals surface area (Å²) < 4.78 is 111. The summed E-state index contributed by atoms with van der Waals surface area (Å²) in [4.78, 5) is 10.3. The molecule has 0 aliphatic rings. The van der Waals surface area contributed by atoms with Crippen LogP contribution in [0.15, 0.2) is 0 Å². The van der Waals surface area contributed by atoms with Crippen LogP contribution in [-0.2, 0) is 24.5 Å². The number of alkyl halides is 6. The number of rotatable bonds is 3. The number of carbonyl (C=O) groups is 1. The number of aldehydes is 1. The monoisotopic (exact) mass is 322 g/mol. The normalized spacial score (nSPS) is 15.5. The highest BCUT2D eigenvalue weighted by atomic mass is 32.3. The summed E-state index contributed by atoms with van der Waals surface area (Å²) >= 11 is 0. The molecule has 0 aliphatic carbocycles. The molecule has 108 valence electrons. The zero-order valence-corrected chi connectivity index (χ0v) is 9.84. The molecule has 0 heterocycles. The Balaban J connectivity index is 6.44. The van der Waals surface area contributed by atoms with Gasteiger partial charge in [-0.15, -0.1) is 0 Å². The van der Waals surface area contributed by atoms with Crippen LogP contribution in [0.4, 0.5) is 26.3 Å². The van der Waals surface area contributed by atoms with Crippen molar-refractivity contribution in [1.29, 1.82) is 0 Å². The fraction of sp³-hybridized carbons (Fsp3) is 0.800. The Hall–Kier alpha value is -0.850. The third kappa shape index (κ3) is 2.08. The summed E-state index contributed by atoms with van der Waals surface area (Å²) in [5, 5.41) is 0. The van der Waals surface area contributed by atoms with E-state index in [4.69, 9.17) is 0 Å². The fourth-order valence-corrected chi connectivity index (χ4v) is 3.63. The van der Waals surface area contributed by atoms with Crippen LogP contribution in [-0.4, -0.2) is 38.2 Å². The average molecular weight is 322 g/mol. The third-order valence-corrected chi connectivity index (χ3v) is 6.75. The molecule has 0 unspecified atom stereocenters. The van der Waals surface area contributed by atoms with Gasteiger partial charge in [-0.1, -0.05) is 0 Å². The zero-order valence-electron chi connectivity index (χ0n) is 8.20. The van der Waals surface area contributed by atoms with Crippen LogP contribution in [0.25, 0.3) is 0 Å². The highest BCUT2D eigenvalue weighted by Gasteiger charge is 2.70. The maximum atomic E-state index is 12.1. The van der Waals surface area contributed by atoms with E-state index >= 15 is 0 Å². The van der Waals surface area contributed by atoms with Crippen LogP contribution in [0.5, 0.6) is 0 Å². The van der Waals surface area contributed by atoms with E-state index in [0.29, 0.717) is 0 Å². The lowest BCUT2D eigenvalue weighted by molar-refractivity contribution is -0.109. The van der Waals surface area contributed by atoms with Crippen molar-refractivity contribution in [3.63, 3.8) is 0 Å². The summed E-state index contributed by atoms with van der Waals surface area (Å²) in [6.45, 7) is -0.481. The lowest BCUT2D eigenvalue weighted by atomic mass is 10.5. The van der Waals surface area contributed by atoms with Crippen molar-refractivity contribution in [2.45, 2.75) is 22.0 Å². The van der Waals surface area contributed by atoms with E-state index in [1.54, 1.807) is 0 Å². The molecular formula is C5H4F6O5S2. The van der Waals surface area contributed by atoms with Crippen LogP contribution in [0.2, 0.25) is 0 Å². The first-order valence-corrected chi connectivity index (χ1v) is 6.61. The minimum Gasteiger partial charge on any atom is -0.300 e. The average Bonchev–Trinajstić information content (AvgIpc) is 2.12. The molecule has 0 aromatic rings. The third-order valence-electron chi connectivity index (χ3n) is 1.89. The van der Waals surface area contributed by atoms with E-state index in [0.717, 1.165) is 0 Å². The SMILES string of the molecule is CC(C=O)(S(=O)(=O)C(F)(F)F)S(=O)(=O)C(F)(F)F. The maximum absolute atomic E-state index is 12.1. The maximum Gasteiger partial charge on any atom is 0.499 e. The van der Waals surface area contributed by atoms with Crippen molar-refractivity contribution < 1.29 is 48.0 Å². The molecule has 0 atom stereocenters. The van der Waals surface area contributed by atoms with Crippen LogP contribution < -0.4 is 0 Å². The number of carbonyl (C=O) groups excluding carboxylic acids is 1. The first kappa shape index (κ1) is 17.2. The van der Waals surface area contributed by atoms with Crippen LogP contribution in [0.1, 0.15) is 6.92 Å². The first-order chi connectivity index (χ1) is 7.56. The van der Waals surface area contributed by atoms with Gasteiger partial charge in [0, 0.05) is 0 Å². The second kappa shape index (κ2) is 4.08. The molecule has 0 aromatic heterocycles. The molecule has 18 heavy (non-hydrogen) atoms. The van der Waals surface area contributed by atoms with Gasteiger partial charge in [0.05, 0.1) is 0 Å². The fourth-order valence-electron chi connectivity index (χ4n) is 0.731. The summed E-state index contributed by atoms with van der Waals surface area (Å²) in [5.74, 6) is 0. The van der Waals surface area contributed by atoms with Crippen molar-refractivity contribution in [3.05, 3.63) is 0 Å². The molecule has 0 amide bonds. The number of halogens is 6. The Labute approximate surface area is 96.6 Å². The molecule has 0 N–H and O–H groups in total. The molecule has 0 saturated heterocycles. The lowest BCUT2D eigenvalue weighted by Gasteiger charge is -2.25. The van der Waals surface area contributed by atoms with Gasteiger partial charge in [0.2, 0.25) is 4.08 Å². The topological polar surface area (TPSA) is 85.3 Å². The molecule has 0 aromatic carbocycles. The van der Waals surface area contributed by atoms with E-state index in [-0.39, 0.29) is 0 Å². The van der Waals surface area contributed by atoms with Gasteiger partial charge >= 0.3 is 11.0 Å². The van der Waals surface area contributed by atoms with Gasteiger partial charge in [-0.3, -0.25) is 0 Å². The van der Waals surface area contributed by atoms with Crippen LogP contribution in [0.3, 0.4) is 0 Å². The van der Waals surface area contributed by atoms with E-state index in [1.165, 1.54) is 0 Å². The highest BCUT2D eigenvalue weighted by molar-refractivity contribution is 8.12. The van der Waals surface area contributed by atoms with Gasteiger partial charge in [0.25, 0.3) is 19.7 Å². The van der Waals surface area contributed by atoms with Crippen molar-refractivity contribution in [1.82, 2.24) is 0 Å². The molecule has 0 radical (unpaired) electrons. The second-order valence-electron chi connectivity index (χ2n) is 3.03. The standard InChI is InChI=1S/C5H4F6O5S2/c1-3(2-12,17(13,14)4(6,7)8)18(15,16)5(9,10)11/h2H,1H3. The summed E-state index contributed by atoms with van der Waals surface area (Å²) in [6, 6.07) is 0. The number of hydrogen-bond donors (Lipinski definition) is 0. The molecule has 0 bridgehead atoms. The Morgan fingerprint density at radius 3 is 1.11 bits per heavy atom. The van der Waals surface area contributed by atoms with Crippen molar-refractivity contribution in [2.24, 2.45) is 0 Å². The molecule has 13 heteroatoms. The summed E-state index contributed by atoms with van der Waals surface area (Å²) in [6.07, 6.45) is -1.42. The van der Waals surface area contributed by atoms with E-state index in [9.17, 15) is 48.0 Å². The van der Waals surface area contributed by atoms with Crippen molar-refractivity contribution >= 4 is 26.0 Å². The minimum atomic E-state index is -6.90. The van der Waals surface area contributed by atoms with E-state index in [2.05, 4.69) is 0 Å². The number of hydrogen-bond acceptors (Lipinski definition) is 5. The minimum absolute atomic E-state index is 0.481. The van der Waals surface area contributed by atoms with E-state index in [1.807, 2.05) is 0 Å². The van der Waals surface area contributed by atoms with Gasteiger partial charge in [-0.2, -0.15) is 26.3 Å². The molecule has 0 aliphatic heterocycles. The molecule has 0 fully saturated rings.